The van der Waals surface area contributed by atoms with Crippen LogP contribution < -0.4 is 5.32 Å². The molecule has 0 aromatic heterocycles. The van der Waals surface area contributed by atoms with E-state index in [1.807, 2.05) is 19.9 Å². The molecule has 0 bridgehead atoms. The van der Waals surface area contributed by atoms with Crippen molar-refractivity contribution in [3.63, 3.8) is 0 Å². The number of hydrogen-bond donors (Lipinski definition) is 2. The molecule has 1 aliphatic rings. The Morgan fingerprint density at radius 3 is 2.76 bits per heavy atom. The predicted octanol–water partition coefficient (Wildman–Crippen LogP) is 2.52. The molecular formula is C19H27NO5. The summed E-state index contributed by atoms with van der Waals surface area (Å²) in [6.45, 7) is 6.46. The van der Waals surface area contributed by atoms with Gasteiger partial charge in [-0.3, -0.25) is 4.79 Å². The van der Waals surface area contributed by atoms with E-state index in [4.69, 9.17) is 9.47 Å². The minimum Gasteiger partial charge on any atom is -0.479 e. The van der Waals surface area contributed by atoms with Crippen LogP contribution in [0.15, 0.2) is 18.2 Å². The van der Waals surface area contributed by atoms with Crippen molar-refractivity contribution in [2.24, 2.45) is 0 Å². The van der Waals surface area contributed by atoms with Gasteiger partial charge in [-0.25, -0.2) is 4.79 Å². The molecule has 1 amide bonds. The first-order valence-corrected chi connectivity index (χ1v) is 8.72. The Hall–Kier alpha value is -1.92. The van der Waals surface area contributed by atoms with E-state index in [1.165, 1.54) is 0 Å². The highest BCUT2D eigenvalue weighted by Gasteiger charge is 2.27. The van der Waals surface area contributed by atoms with Gasteiger partial charge in [-0.05, 0) is 56.7 Å². The number of amides is 1. The fourth-order valence-electron chi connectivity index (χ4n) is 2.88. The van der Waals surface area contributed by atoms with Gasteiger partial charge in [0.1, 0.15) is 6.10 Å². The third kappa shape index (κ3) is 5.28. The van der Waals surface area contributed by atoms with Crippen LogP contribution in [0, 0.1) is 13.8 Å². The third-order valence-corrected chi connectivity index (χ3v) is 4.67. The van der Waals surface area contributed by atoms with Crippen molar-refractivity contribution in [1.82, 2.24) is 5.32 Å². The number of nitrogens with one attached hydrogen (secondary N) is 1. The van der Waals surface area contributed by atoms with Gasteiger partial charge in [0, 0.05) is 6.61 Å². The average molecular weight is 349 g/mol. The van der Waals surface area contributed by atoms with Crippen LogP contribution in [-0.2, 0) is 19.1 Å². The summed E-state index contributed by atoms with van der Waals surface area (Å²) in [4.78, 5) is 24.0. The summed E-state index contributed by atoms with van der Waals surface area (Å²) in [5.74, 6) is -1.53. The minimum absolute atomic E-state index is 0.0123. The second-order valence-electron chi connectivity index (χ2n) is 6.53. The largest absolute Gasteiger partial charge is 0.479 e. The number of carbonyl (C=O) groups is 2. The summed E-state index contributed by atoms with van der Waals surface area (Å²) >= 11 is 0. The normalized spacial score (nSPS) is 19.9. The highest BCUT2D eigenvalue weighted by atomic mass is 16.5. The van der Waals surface area contributed by atoms with Crippen molar-refractivity contribution >= 4 is 11.9 Å². The number of aryl methyl sites for hydroxylation is 1. The summed E-state index contributed by atoms with van der Waals surface area (Å²) in [5, 5.41) is 12.1. The number of carboxylic acid groups (broad SMARTS) is 1. The Labute approximate surface area is 148 Å². The molecule has 0 spiro atoms. The highest BCUT2D eigenvalue weighted by molar-refractivity contribution is 5.87. The standard InChI is InChI=1S/C19H27NO5/c1-12-7-6-9-16(13(12)2)17(19(22)23)20-18(21)14(3)25-11-15-8-4-5-10-24-15/h6-7,9,14-15,17H,4-5,8,10-11H2,1-3H3,(H,20,21)(H,22,23). The fourth-order valence-corrected chi connectivity index (χ4v) is 2.88. The van der Waals surface area contributed by atoms with E-state index in [2.05, 4.69) is 5.32 Å². The van der Waals surface area contributed by atoms with Crippen LogP contribution in [0.5, 0.6) is 0 Å². The van der Waals surface area contributed by atoms with Crippen LogP contribution in [0.3, 0.4) is 0 Å². The summed E-state index contributed by atoms with van der Waals surface area (Å²) in [6, 6.07) is 4.34. The summed E-state index contributed by atoms with van der Waals surface area (Å²) in [5.41, 5.74) is 2.43. The van der Waals surface area contributed by atoms with E-state index in [1.54, 1.807) is 19.1 Å². The zero-order valence-electron chi connectivity index (χ0n) is 15.1. The lowest BCUT2D eigenvalue weighted by atomic mass is 9.97. The maximum atomic E-state index is 12.4. The molecule has 2 N–H and O–H groups in total. The molecule has 6 nitrogen and oxygen atoms in total. The van der Waals surface area contributed by atoms with Crippen molar-refractivity contribution in [3.05, 3.63) is 34.9 Å². The molecule has 1 aromatic carbocycles. The fraction of sp³-hybridized carbons (Fsp3) is 0.579. The van der Waals surface area contributed by atoms with Gasteiger partial charge < -0.3 is 19.9 Å². The van der Waals surface area contributed by atoms with E-state index in [0.29, 0.717) is 12.2 Å². The van der Waals surface area contributed by atoms with Gasteiger partial charge in [-0.2, -0.15) is 0 Å². The molecule has 0 aliphatic carbocycles. The number of aliphatic carboxylic acids is 1. The SMILES string of the molecule is Cc1cccc(C(NC(=O)C(C)OCC2CCCCO2)C(=O)O)c1C. The molecule has 3 atom stereocenters. The maximum absolute atomic E-state index is 12.4. The Kier molecular flexibility index (Phi) is 6.96. The van der Waals surface area contributed by atoms with Crippen LogP contribution in [0.1, 0.15) is 48.9 Å². The molecule has 2 rings (SSSR count). The molecule has 0 saturated carbocycles. The molecule has 1 heterocycles. The lowest BCUT2D eigenvalue weighted by molar-refractivity contribution is -0.145. The molecule has 1 saturated heterocycles. The van der Waals surface area contributed by atoms with Gasteiger partial charge in [-0.15, -0.1) is 0 Å². The predicted molar refractivity (Wildman–Crippen MR) is 93.4 cm³/mol. The number of rotatable bonds is 7. The van der Waals surface area contributed by atoms with E-state index < -0.39 is 24.0 Å². The lowest BCUT2D eigenvalue weighted by Crippen LogP contribution is -2.41. The van der Waals surface area contributed by atoms with Crippen molar-refractivity contribution in [2.75, 3.05) is 13.2 Å². The van der Waals surface area contributed by atoms with Gasteiger partial charge in [-0.1, -0.05) is 18.2 Å². The highest BCUT2D eigenvalue weighted by Crippen LogP contribution is 2.21. The lowest BCUT2D eigenvalue weighted by Gasteiger charge is -2.25. The van der Waals surface area contributed by atoms with Crippen LogP contribution in [-0.4, -0.2) is 42.4 Å². The van der Waals surface area contributed by atoms with Crippen LogP contribution in [0.4, 0.5) is 0 Å². The zero-order valence-corrected chi connectivity index (χ0v) is 15.1. The maximum Gasteiger partial charge on any atom is 0.330 e. The van der Waals surface area contributed by atoms with E-state index in [0.717, 1.165) is 37.0 Å². The zero-order chi connectivity index (χ0) is 18.4. The Morgan fingerprint density at radius 1 is 1.36 bits per heavy atom. The number of carboxylic acids is 1. The molecule has 138 valence electrons. The number of hydrogen-bond acceptors (Lipinski definition) is 4. The molecule has 1 aliphatic heterocycles. The molecule has 1 aromatic rings. The monoisotopic (exact) mass is 349 g/mol. The van der Waals surface area contributed by atoms with E-state index in [-0.39, 0.29) is 6.10 Å². The Balaban J connectivity index is 1.97. The summed E-state index contributed by atoms with van der Waals surface area (Å²) < 4.78 is 11.2. The molecule has 25 heavy (non-hydrogen) atoms. The van der Waals surface area contributed by atoms with E-state index in [9.17, 15) is 14.7 Å². The van der Waals surface area contributed by atoms with Gasteiger partial charge >= 0.3 is 5.97 Å². The first kappa shape index (κ1) is 19.4. The van der Waals surface area contributed by atoms with Crippen LogP contribution in [0.2, 0.25) is 0 Å². The Bertz CT molecular complexity index is 610. The van der Waals surface area contributed by atoms with Gasteiger partial charge in [0.05, 0.1) is 12.7 Å². The number of ether oxygens (including phenoxy) is 2. The van der Waals surface area contributed by atoms with E-state index >= 15 is 0 Å². The third-order valence-electron chi connectivity index (χ3n) is 4.67. The van der Waals surface area contributed by atoms with Crippen molar-refractivity contribution < 1.29 is 24.2 Å². The number of carbonyl (C=O) groups excluding carboxylic acids is 1. The number of benzene rings is 1. The molecule has 1 fully saturated rings. The molecule has 3 unspecified atom stereocenters. The smallest absolute Gasteiger partial charge is 0.330 e. The van der Waals surface area contributed by atoms with Gasteiger partial charge in [0.2, 0.25) is 5.91 Å². The molecule has 0 radical (unpaired) electrons. The Morgan fingerprint density at radius 2 is 2.12 bits per heavy atom. The van der Waals surface area contributed by atoms with Gasteiger partial charge in [0.25, 0.3) is 0 Å². The second-order valence-corrected chi connectivity index (χ2v) is 6.53. The first-order chi connectivity index (χ1) is 11.9. The minimum atomic E-state index is -1.09. The van der Waals surface area contributed by atoms with Gasteiger partial charge in [0.15, 0.2) is 6.04 Å². The summed E-state index contributed by atoms with van der Waals surface area (Å²) in [6.07, 6.45) is 2.36. The summed E-state index contributed by atoms with van der Waals surface area (Å²) in [7, 11) is 0. The topological polar surface area (TPSA) is 84.9 Å². The first-order valence-electron chi connectivity index (χ1n) is 8.72. The van der Waals surface area contributed by atoms with Crippen LogP contribution >= 0.6 is 0 Å². The average Bonchev–Trinajstić information content (AvgIpc) is 2.60. The van der Waals surface area contributed by atoms with Crippen molar-refractivity contribution in [3.8, 4) is 0 Å². The molecule has 6 heteroatoms. The van der Waals surface area contributed by atoms with Crippen LogP contribution in [0.25, 0.3) is 0 Å². The van der Waals surface area contributed by atoms with Crippen molar-refractivity contribution in [1.29, 1.82) is 0 Å². The second kappa shape index (κ2) is 8.97. The molecular weight excluding hydrogens is 322 g/mol. The quantitative estimate of drug-likeness (QED) is 0.790. The van der Waals surface area contributed by atoms with Crippen molar-refractivity contribution in [2.45, 2.75) is 58.3 Å².